The number of carbonyl (C=O) groups is 1. The molecule has 4 heteroatoms. The van der Waals surface area contributed by atoms with E-state index in [1.807, 2.05) is 32.0 Å². The molecule has 0 bridgehead atoms. The fourth-order valence-corrected chi connectivity index (χ4v) is 1.57. The third-order valence-corrected chi connectivity index (χ3v) is 2.63. The van der Waals surface area contributed by atoms with Gasteiger partial charge in [0.15, 0.2) is 0 Å². The van der Waals surface area contributed by atoms with E-state index in [9.17, 15) is 4.79 Å². The molecule has 1 aromatic carbocycles. The molecule has 0 saturated heterocycles. The smallest absolute Gasteiger partial charge is 0.291 e. The van der Waals surface area contributed by atoms with Gasteiger partial charge in [-0.25, -0.2) is 4.99 Å². The van der Waals surface area contributed by atoms with Gasteiger partial charge in [-0.15, -0.1) is 0 Å². The second-order valence-electron chi connectivity index (χ2n) is 4.42. The maximum Gasteiger partial charge on any atom is 0.291 e. The van der Waals surface area contributed by atoms with E-state index in [0.29, 0.717) is 24.2 Å². The number of amides is 1. The van der Waals surface area contributed by atoms with Crippen LogP contribution < -0.4 is 5.32 Å². The van der Waals surface area contributed by atoms with E-state index < -0.39 is 0 Å². The second kappa shape index (κ2) is 5.67. The Morgan fingerprint density at radius 3 is 2.89 bits per heavy atom. The van der Waals surface area contributed by atoms with Gasteiger partial charge in [0.1, 0.15) is 0 Å². The molecular formula is C14H18N2O2. The molecule has 1 saturated carbocycles. The van der Waals surface area contributed by atoms with E-state index in [4.69, 9.17) is 4.74 Å². The minimum atomic E-state index is -0.174. The Bertz CT molecular complexity index is 465. The number of carbonyl (C=O) groups excluding carboxylic acids is 1. The molecule has 0 spiro atoms. The van der Waals surface area contributed by atoms with Crippen molar-refractivity contribution >= 4 is 11.9 Å². The number of nitrogens with one attached hydrogen (secondary N) is 1. The maximum absolute atomic E-state index is 12.0. The van der Waals surface area contributed by atoms with Crippen LogP contribution in [0.2, 0.25) is 0 Å². The van der Waals surface area contributed by atoms with Crippen molar-refractivity contribution in [2.45, 2.75) is 32.7 Å². The molecule has 1 amide bonds. The molecule has 1 aliphatic rings. The van der Waals surface area contributed by atoms with Crippen molar-refractivity contribution in [3.63, 3.8) is 0 Å². The van der Waals surface area contributed by atoms with Crippen molar-refractivity contribution in [1.29, 1.82) is 0 Å². The van der Waals surface area contributed by atoms with Crippen LogP contribution in [0.25, 0.3) is 0 Å². The molecule has 2 rings (SSSR count). The van der Waals surface area contributed by atoms with Crippen LogP contribution in [0.3, 0.4) is 0 Å². The maximum atomic E-state index is 12.0. The fraction of sp³-hybridized carbons (Fsp3) is 0.429. The third kappa shape index (κ3) is 3.58. The summed E-state index contributed by atoms with van der Waals surface area (Å²) < 4.78 is 5.33. The number of ether oxygens (including phenoxy) is 1. The first-order valence-corrected chi connectivity index (χ1v) is 6.27. The lowest BCUT2D eigenvalue weighted by molar-refractivity contribution is 0.0966. The third-order valence-electron chi connectivity index (χ3n) is 2.63. The average molecular weight is 246 g/mol. The zero-order valence-electron chi connectivity index (χ0n) is 10.8. The summed E-state index contributed by atoms with van der Waals surface area (Å²) in [5.74, 6) is -0.174. The van der Waals surface area contributed by atoms with Crippen LogP contribution in [-0.2, 0) is 4.74 Å². The number of aliphatic imine (C=N–C) groups is 1. The van der Waals surface area contributed by atoms with E-state index in [0.717, 1.165) is 18.4 Å². The van der Waals surface area contributed by atoms with Gasteiger partial charge in [-0.1, -0.05) is 17.7 Å². The highest BCUT2D eigenvalue weighted by Crippen LogP contribution is 2.23. The first-order valence-electron chi connectivity index (χ1n) is 6.27. The molecule has 0 aromatic heterocycles. The lowest BCUT2D eigenvalue weighted by Gasteiger charge is -2.09. The number of nitrogens with zero attached hydrogens (tertiary/aromatic N) is 1. The normalized spacial score (nSPS) is 15.3. The minimum Gasteiger partial charge on any atom is -0.465 e. The van der Waals surface area contributed by atoms with E-state index in [-0.39, 0.29) is 5.91 Å². The topological polar surface area (TPSA) is 50.7 Å². The van der Waals surface area contributed by atoms with Crippen LogP contribution in [0.4, 0.5) is 0 Å². The van der Waals surface area contributed by atoms with E-state index in [2.05, 4.69) is 10.3 Å². The van der Waals surface area contributed by atoms with Crippen LogP contribution in [-0.4, -0.2) is 24.6 Å². The zero-order chi connectivity index (χ0) is 13.0. The Labute approximate surface area is 107 Å². The molecule has 1 aliphatic carbocycles. The summed E-state index contributed by atoms with van der Waals surface area (Å²) in [5.41, 5.74) is 1.68. The standard InChI is InChI=1S/C14H18N2O2/c1-3-18-14(15-12-7-8-12)16-13(17)11-6-4-5-10(2)9-11/h4-6,9,12H,3,7-8H2,1-2H3,(H,15,16,17). The van der Waals surface area contributed by atoms with Gasteiger partial charge in [0.2, 0.25) is 0 Å². The number of rotatable bonds is 3. The van der Waals surface area contributed by atoms with Gasteiger partial charge < -0.3 is 4.74 Å². The monoisotopic (exact) mass is 246 g/mol. The highest BCUT2D eigenvalue weighted by Gasteiger charge is 2.22. The van der Waals surface area contributed by atoms with Gasteiger partial charge in [0, 0.05) is 5.56 Å². The molecule has 0 radical (unpaired) electrons. The van der Waals surface area contributed by atoms with Crippen LogP contribution >= 0.6 is 0 Å². The lowest BCUT2D eigenvalue weighted by Crippen LogP contribution is -2.33. The predicted molar refractivity (Wildman–Crippen MR) is 70.7 cm³/mol. The van der Waals surface area contributed by atoms with Crippen LogP contribution in [0.5, 0.6) is 0 Å². The zero-order valence-corrected chi connectivity index (χ0v) is 10.8. The molecule has 96 valence electrons. The Kier molecular flexibility index (Phi) is 3.97. The van der Waals surface area contributed by atoms with Crippen molar-refractivity contribution in [3.05, 3.63) is 35.4 Å². The summed E-state index contributed by atoms with van der Waals surface area (Å²) >= 11 is 0. The van der Waals surface area contributed by atoms with Crippen molar-refractivity contribution in [3.8, 4) is 0 Å². The van der Waals surface area contributed by atoms with Crippen molar-refractivity contribution < 1.29 is 9.53 Å². The number of aryl methyl sites for hydroxylation is 1. The summed E-state index contributed by atoms with van der Waals surface area (Å²) in [6.45, 7) is 4.33. The van der Waals surface area contributed by atoms with Gasteiger partial charge in [-0.3, -0.25) is 10.1 Å². The number of amidine groups is 1. The molecule has 18 heavy (non-hydrogen) atoms. The van der Waals surface area contributed by atoms with Gasteiger partial charge in [0.05, 0.1) is 12.6 Å². The van der Waals surface area contributed by atoms with E-state index in [1.54, 1.807) is 6.07 Å². The Morgan fingerprint density at radius 1 is 1.50 bits per heavy atom. The summed E-state index contributed by atoms with van der Waals surface area (Å²) in [5, 5.41) is 2.72. The highest BCUT2D eigenvalue weighted by atomic mass is 16.5. The predicted octanol–water partition coefficient (Wildman–Crippen LogP) is 2.28. The number of benzene rings is 1. The lowest BCUT2D eigenvalue weighted by atomic mass is 10.1. The van der Waals surface area contributed by atoms with Gasteiger partial charge in [0.25, 0.3) is 11.9 Å². The van der Waals surface area contributed by atoms with Crippen LogP contribution in [0.15, 0.2) is 29.3 Å². The summed E-state index contributed by atoms with van der Waals surface area (Å²) in [7, 11) is 0. The SMILES string of the molecule is CCOC(=NC1CC1)NC(=O)c1cccc(C)c1. The Balaban J connectivity index is 2.04. The molecule has 1 aromatic rings. The largest absolute Gasteiger partial charge is 0.465 e. The van der Waals surface area contributed by atoms with Crippen LogP contribution in [0, 0.1) is 6.92 Å². The summed E-state index contributed by atoms with van der Waals surface area (Å²) in [4.78, 5) is 16.3. The van der Waals surface area contributed by atoms with Crippen LogP contribution in [0.1, 0.15) is 35.7 Å². The summed E-state index contributed by atoms with van der Waals surface area (Å²) in [6, 6.07) is 8.11. The molecule has 0 aliphatic heterocycles. The Morgan fingerprint density at radius 2 is 2.28 bits per heavy atom. The van der Waals surface area contributed by atoms with Crippen molar-refractivity contribution in [2.75, 3.05) is 6.61 Å². The molecule has 0 atom stereocenters. The van der Waals surface area contributed by atoms with Crippen molar-refractivity contribution in [2.24, 2.45) is 4.99 Å². The van der Waals surface area contributed by atoms with Gasteiger partial charge in [-0.05, 0) is 38.8 Å². The first kappa shape index (κ1) is 12.6. The van der Waals surface area contributed by atoms with Gasteiger partial charge in [-0.2, -0.15) is 0 Å². The molecule has 1 fully saturated rings. The molecule has 4 nitrogen and oxygen atoms in total. The second-order valence-corrected chi connectivity index (χ2v) is 4.42. The quantitative estimate of drug-likeness (QED) is 0.657. The number of hydrogen-bond acceptors (Lipinski definition) is 3. The number of hydrogen-bond donors (Lipinski definition) is 1. The Hall–Kier alpha value is -1.84. The van der Waals surface area contributed by atoms with E-state index in [1.165, 1.54) is 0 Å². The van der Waals surface area contributed by atoms with E-state index >= 15 is 0 Å². The molecule has 1 N–H and O–H groups in total. The minimum absolute atomic E-state index is 0.174. The highest BCUT2D eigenvalue weighted by molar-refractivity contribution is 6.04. The fourth-order valence-electron chi connectivity index (χ4n) is 1.57. The average Bonchev–Trinajstić information content (AvgIpc) is 3.13. The van der Waals surface area contributed by atoms with Crippen molar-refractivity contribution in [1.82, 2.24) is 5.32 Å². The first-order chi connectivity index (χ1) is 8.69. The van der Waals surface area contributed by atoms with Gasteiger partial charge >= 0.3 is 0 Å². The summed E-state index contributed by atoms with van der Waals surface area (Å²) in [6.07, 6.45) is 2.16. The molecule has 0 unspecified atom stereocenters. The molecular weight excluding hydrogens is 228 g/mol. The molecule has 0 heterocycles.